The maximum atomic E-state index is 13.4. The van der Waals surface area contributed by atoms with Crippen LogP contribution < -0.4 is 0 Å². The fraction of sp³-hybridized carbons (Fsp3) is 0.500. The van der Waals surface area contributed by atoms with Gasteiger partial charge in [0, 0.05) is 31.2 Å². The van der Waals surface area contributed by atoms with Gasteiger partial charge >= 0.3 is 5.97 Å². The Morgan fingerprint density at radius 1 is 1.20 bits per heavy atom. The van der Waals surface area contributed by atoms with Crippen molar-refractivity contribution in [2.24, 2.45) is 0 Å². The molecule has 0 unspecified atom stereocenters. The van der Waals surface area contributed by atoms with Crippen LogP contribution in [0.5, 0.6) is 0 Å². The molecule has 2 aliphatic rings. The molecule has 9 heteroatoms. The molecule has 1 aromatic carbocycles. The molecule has 1 amide bonds. The molecule has 2 heterocycles. The van der Waals surface area contributed by atoms with E-state index in [2.05, 4.69) is 0 Å². The smallest absolute Gasteiger partial charge is 0.304 e. The highest BCUT2D eigenvalue weighted by atomic mass is 32.2. The first-order valence-electron chi connectivity index (χ1n) is 7.99. The molecule has 1 N–H and O–H groups in total. The highest BCUT2D eigenvalue weighted by molar-refractivity contribution is 7.91. The summed E-state index contributed by atoms with van der Waals surface area (Å²) in [6.45, 7) is 0.921. The SMILES string of the molecule is O=C(O)CCN1CCN(C(=O)c2cccc(F)c2)[C@@H]2CS(=O)(=O)C[C@@H]21. The van der Waals surface area contributed by atoms with Crippen molar-refractivity contribution < 1.29 is 27.5 Å². The summed E-state index contributed by atoms with van der Waals surface area (Å²) in [5.41, 5.74) is 0.182. The maximum Gasteiger partial charge on any atom is 0.304 e. The molecule has 0 saturated carbocycles. The Morgan fingerprint density at radius 2 is 1.92 bits per heavy atom. The molecule has 7 nitrogen and oxygen atoms in total. The number of benzene rings is 1. The van der Waals surface area contributed by atoms with Crippen LogP contribution in [-0.2, 0) is 14.6 Å². The number of nitrogens with zero attached hydrogens (tertiary/aromatic N) is 2. The van der Waals surface area contributed by atoms with Crippen LogP contribution in [0, 0.1) is 5.82 Å². The van der Waals surface area contributed by atoms with Gasteiger partial charge in [-0.25, -0.2) is 12.8 Å². The molecule has 2 atom stereocenters. The summed E-state index contributed by atoms with van der Waals surface area (Å²) in [7, 11) is -3.31. The lowest BCUT2D eigenvalue weighted by Crippen LogP contribution is -2.60. The van der Waals surface area contributed by atoms with E-state index in [-0.39, 0.29) is 36.6 Å². The van der Waals surface area contributed by atoms with E-state index < -0.39 is 39.6 Å². The number of fused-ring (bicyclic) bond motifs is 1. The van der Waals surface area contributed by atoms with Crippen LogP contribution in [0.1, 0.15) is 16.8 Å². The molecule has 2 saturated heterocycles. The monoisotopic (exact) mass is 370 g/mol. The van der Waals surface area contributed by atoms with Gasteiger partial charge in [0.25, 0.3) is 5.91 Å². The summed E-state index contributed by atoms with van der Waals surface area (Å²) in [6.07, 6.45) is -0.0822. The van der Waals surface area contributed by atoms with Gasteiger partial charge in [-0.1, -0.05) is 6.07 Å². The summed E-state index contributed by atoms with van der Waals surface area (Å²) in [5.74, 6) is -2.12. The molecule has 136 valence electrons. The summed E-state index contributed by atoms with van der Waals surface area (Å²) < 4.78 is 37.6. The van der Waals surface area contributed by atoms with E-state index in [1.165, 1.54) is 23.1 Å². The van der Waals surface area contributed by atoms with Crippen LogP contribution in [0.4, 0.5) is 4.39 Å². The van der Waals surface area contributed by atoms with E-state index in [0.717, 1.165) is 6.07 Å². The second-order valence-corrected chi connectivity index (χ2v) is 8.55. The quantitative estimate of drug-likeness (QED) is 0.815. The number of hydrogen-bond donors (Lipinski definition) is 1. The van der Waals surface area contributed by atoms with E-state index in [1.807, 2.05) is 4.90 Å². The largest absolute Gasteiger partial charge is 0.481 e. The summed E-state index contributed by atoms with van der Waals surface area (Å²) in [5, 5.41) is 8.86. The van der Waals surface area contributed by atoms with Crippen LogP contribution in [-0.4, -0.2) is 78.4 Å². The molecule has 3 rings (SSSR count). The van der Waals surface area contributed by atoms with Crippen LogP contribution in [0.25, 0.3) is 0 Å². The molecule has 1 aromatic rings. The zero-order chi connectivity index (χ0) is 18.2. The summed E-state index contributed by atoms with van der Waals surface area (Å²) in [4.78, 5) is 26.9. The molecule has 0 radical (unpaired) electrons. The lowest BCUT2D eigenvalue weighted by atomic mass is 10.0. The van der Waals surface area contributed by atoms with Crippen molar-refractivity contribution in [1.82, 2.24) is 9.80 Å². The zero-order valence-corrected chi connectivity index (χ0v) is 14.3. The third-order valence-electron chi connectivity index (χ3n) is 4.74. The van der Waals surface area contributed by atoms with E-state index in [9.17, 15) is 22.4 Å². The van der Waals surface area contributed by atoms with Crippen molar-refractivity contribution in [2.45, 2.75) is 18.5 Å². The van der Waals surface area contributed by atoms with Crippen LogP contribution in [0.3, 0.4) is 0 Å². The fourth-order valence-electron chi connectivity index (χ4n) is 3.58. The second-order valence-electron chi connectivity index (χ2n) is 6.40. The number of halogens is 1. The van der Waals surface area contributed by atoms with Crippen molar-refractivity contribution >= 4 is 21.7 Å². The Labute approximate surface area is 144 Å². The Hall–Kier alpha value is -2.00. The first-order chi connectivity index (χ1) is 11.8. The standard InChI is InChI=1S/C16H19FN2O5S/c17-12-3-1-2-11(8-12)16(22)19-7-6-18(5-4-15(20)21)13-9-25(23,24)10-14(13)19/h1-3,8,13-14H,4-7,9-10H2,(H,20,21)/t13-,14+/m0/s1. The first-order valence-corrected chi connectivity index (χ1v) is 9.82. The van der Waals surface area contributed by atoms with Gasteiger partial charge < -0.3 is 10.0 Å². The number of carboxylic acid groups (broad SMARTS) is 1. The third kappa shape index (κ3) is 3.82. The van der Waals surface area contributed by atoms with Gasteiger partial charge in [-0.3, -0.25) is 14.5 Å². The Bertz CT molecular complexity index is 797. The number of amides is 1. The minimum atomic E-state index is -3.31. The molecule has 0 aliphatic carbocycles. The Morgan fingerprint density at radius 3 is 2.60 bits per heavy atom. The highest BCUT2D eigenvalue weighted by Crippen LogP contribution is 2.28. The normalized spacial score (nSPS) is 25.6. The Balaban J connectivity index is 1.83. The minimum absolute atomic E-state index is 0.0822. The Kier molecular flexibility index (Phi) is 4.79. The molecule has 0 bridgehead atoms. The average Bonchev–Trinajstić information content (AvgIpc) is 2.87. The number of carbonyl (C=O) groups is 2. The molecule has 2 aliphatic heterocycles. The lowest BCUT2D eigenvalue weighted by Gasteiger charge is -2.43. The lowest BCUT2D eigenvalue weighted by molar-refractivity contribution is -0.137. The molecule has 0 aromatic heterocycles. The minimum Gasteiger partial charge on any atom is -0.481 e. The number of sulfone groups is 1. The predicted octanol–water partition coefficient (Wildman–Crippen LogP) is 0.224. The van der Waals surface area contributed by atoms with Crippen molar-refractivity contribution in [3.63, 3.8) is 0 Å². The van der Waals surface area contributed by atoms with E-state index >= 15 is 0 Å². The number of aliphatic carboxylic acids is 1. The zero-order valence-electron chi connectivity index (χ0n) is 13.5. The van der Waals surface area contributed by atoms with E-state index in [1.54, 1.807) is 0 Å². The third-order valence-corrected chi connectivity index (χ3v) is 6.44. The van der Waals surface area contributed by atoms with E-state index in [0.29, 0.717) is 6.54 Å². The topological polar surface area (TPSA) is 95.0 Å². The van der Waals surface area contributed by atoms with Gasteiger partial charge in [-0.05, 0) is 18.2 Å². The number of hydrogen-bond acceptors (Lipinski definition) is 5. The van der Waals surface area contributed by atoms with Gasteiger partial charge in [0.2, 0.25) is 0 Å². The molecule has 0 spiro atoms. The van der Waals surface area contributed by atoms with Gasteiger partial charge in [0.05, 0.1) is 24.0 Å². The van der Waals surface area contributed by atoms with E-state index in [4.69, 9.17) is 5.11 Å². The predicted molar refractivity (Wildman–Crippen MR) is 87.5 cm³/mol. The van der Waals surface area contributed by atoms with Gasteiger partial charge in [-0.15, -0.1) is 0 Å². The van der Waals surface area contributed by atoms with Crippen LogP contribution in [0.2, 0.25) is 0 Å². The van der Waals surface area contributed by atoms with Gasteiger partial charge in [0.1, 0.15) is 5.82 Å². The van der Waals surface area contributed by atoms with Crippen molar-refractivity contribution in [3.05, 3.63) is 35.6 Å². The summed E-state index contributed by atoms with van der Waals surface area (Å²) >= 11 is 0. The second kappa shape index (κ2) is 6.72. The number of piperazine rings is 1. The number of carboxylic acids is 1. The molecule has 25 heavy (non-hydrogen) atoms. The first kappa shape index (κ1) is 17.8. The molecule has 2 fully saturated rings. The molecular formula is C16H19FN2O5S. The number of rotatable bonds is 4. The molecular weight excluding hydrogens is 351 g/mol. The van der Waals surface area contributed by atoms with Crippen LogP contribution in [0.15, 0.2) is 24.3 Å². The number of carbonyl (C=O) groups excluding carboxylic acids is 1. The highest BCUT2D eigenvalue weighted by Gasteiger charge is 2.48. The maximum absolute atomic E-state index is 13.4. The van der Waals surface area contributed by atoms with Gasteiger partial charge in [0.15, 0.2) is 9.84 Å². The van der Waals surface area contributed by atoms with Crippen LogP contribution >= 0.6 is 0 Å². The summed E-state index contributed by atoms with van der Waals surface area (Å²) in [6, 6.07) is 4.36. The van der Waals surface area contributed by atoms with Crippen molar-refractivity contribution in [3.8, 4) is 0 Å². The fourth-order valence-corrected chi connectivity index (χ4v) is 5.59. The average molecular weight is 370 g/mol. The van der Waals surface area contributed by atoms with Crippen molar-refractivity contribution in [2.75, 3.05) is 31.1 Å². The van der Waals surface area contributed by atoms with Crippen molar-refractivity contribution in [1.29, 1.82) is 0 Å². The van der Waals surface area contributed by atoms with Gasteiger partial charge in [-0.2, -0.15) is 0 Å².